The Balaban J connectivity index is 0. The van der Waals surface area contributed by atoms with E-state index in [0.717, 1.165) is 17.6 Å². The van der Waals surface area contributed by atoms with Crippen molar-refractivity contribution in [1.82, 2.24) is 0 Å². The first-order valence-electron chi connectivity index (χ1n) is 5.97. The molecule has 104 valence electrons. The number of quaternary nitrogens is 1. The van der Waals surface area contributed by atoms with Crippen LogP contribution in [0.3, 0.4) is 0 Å². The average Bonchev–Trinajstić information content (AvgIpc) is 2.27. The number of carbonyl (C=O) groups is 1. The molecule has 0 N–H and O–H groups in total. The van der Waals surface area contributed by atoms with Crippen molar-refractivity contribution in [1.29, 1.82) is 0 Å². The fourth-order valence-corrected chi connectivity index (χ4v) is 1.40. The minimum Gasteiger partial charge on any atom is -0.548 e. The Bertz CT molecular complexity index is 187. The third-order valence-corrected chi connectivity index (χ3v) is 2.62. The monoisotopic (exact) mass is 249 g/mol. The van der Waals surface area contributed by atoms with Gasteiger partial charge in [0.1, 0.15) is 6.54 Å². The number of aliphatic carboxylic acids is 1. The van der Waals surface area contributed by atoms with E-state index in [2.05, 4.69) is 25.6 Å². The zero-order chi connectivity index (χ0) is 13.7. The van der Waals surface area contributed by atoms with Crippen LogP contribution in [0.15, 0.2) is 0 Å². The molecule has 0 aromatic heterocycles. The van der Waals surface area contributed by atoms with Gasteiger partial charge < -0.3 is 23.9 Å². The van der Waals surface area contributed by atoms with Gasteiger partial charge in [0.25, 0.3) is 0 Å². The summed E-state index contributed by atoms with van der Waals surface area (Å²) < 4.78 is 10.4. The second-order valence-corrected chi connectivity index (χ2v) is 4.18. The lowest BCUT2D eigenvalue weighted by molar-refractivity contribution is -0.908. The first-order valence-corrected chi connectivity index (χ1v) is 5.97. The van der Waals surface area contributed by atoms with E-state index in [0.29, 0.717) is 0 Å². The summed E-state index contributed by atoms with van der Waals surface area (Å²) in [6.07, 6.45) is 1.26. The summed E-state index contributed by atoms with van der Waals surface area (Å²) in [5.74, 6) is -1.18. The minimum atomic E-state index is -1.18. The number of carbonyl (C=O) groups excluding carboxylic acids is 1. The summed E-state index contributed by atoms with van der Waals surface area (Å²) in [4.78, 5) is 9.36. The van der Waals surface area contributed by atoms with Gasteiger partial charge in [0.05, 0.1) is 39.3 Å². The quantitative estimate of drug-likeness (QED) is 0.563. The first kappa shape index (κ1) is 18.7. The maximum Gasteiger partial charge on any atom is 0.102 e. The number of carboxylic acids is 1. The predicted molar refractivity (Wildman–Crippen MR) is 65.5 cm³/mol. The molecule has 0 spiro atoms. The number of likely N-dealkylation sites (N-methyl/N-ethyl adjacent to an activating group) is 1. The molecule has 0 aliphatic rings. The van der Waals surface area contributed by atoms with Gasteiger partial charge in [-0.05, 0) is 13.3 Å². The molecule has 0 saturated heterocycles. The second kappa shape index (κ2) is 11.8. The summed E-state index contributed by atoms with van der Waals surface area (Å²) >= 11 is 0. The SMILES string of the molecule is CCC[N+](C)(CC)CCOC.COCC(=O)[O-]. The number of methoxy groups -OCH3 is 2. The van der Waals surface area contributed by atoms with E-state index in [9.17, 15) is 9.90 Å². The Morgan fingerprint density at radius 3 is 2.00 bits per heavy atom. The van der Waals surface area contributed by atoms with Crippen molar-refractivity contribution in [2.24, 2.45) is 0 Å². The van der Waals surface area contributed by atoms with Gasteiger partial charge in [-0.15, -0.1) is 0 Å². The molecule has 0 aliphatic heterocycles. The highest BCUT2D eigenvalue weighted by Crippen LogP contribution is 2.02. The van der Waals surface area contributed by atoms with E-state index in [-0.39, 0.29) is 6.61 Å². The summed E-state index contributed by atoms with van der Waals surface area (Å²) in [6, 6.07) is 0. The normalized spacial score (nSPS) is 13.5. The fraction of sp³-hybridized carbons (Fsp3) is 0.917. The Labute approximate surface area is 105 Å². The number of ether oxygens (including phenoxy) is 2. The number of rotatable bonds is 8. The summed E-state index contributed by atoms with van der Waals surface area (Å²) in [7, 11) is 5.37. The van der Waals surface area contributed by atoms with Crippen molar-refractivity contribution in [3.8, 4) is 0 Å². The maximum absolute atomic E-state index is 9.36. The largest absolute Gasteiger partial charge is 0.548 e. The highest BCUT2D eigenvalue weighted by Gasteiger charge is 2.16. The molecule has 0 fully saturated rings. The van der Waals surface area contributed by atoms with Crippen LogP contribution in [-0.4, -0.2) is 64.6 Å². The Hall–Kier alpha value is -0.650. The Morgan fingerprint density at radius 2 is 1.76 bits per heavy atom. The molecule has 0 aromatic carbocycles. The highest BCUT2D eigenvalue weighted by molar-refractivity contribution is 5.65. The van der Waals surface area contributed by atoms with Crippen LogP contribution in [0.5, 0.6) is 0 Å². The number of hydrogen-bond donors (Lipinski definition) is 0. The lowest BCUT2D eigenvalue weighted by Crippen LogP contribution is -2.46. The molecule has 0 saturated carbocycles. The zero-order valence-electron chi connectivity index (χ0n) is 11.8. The van der Waals surface area contributed by atoms with Gasteiger partial charge in [0, 0.05) is 14.2 Å². The fourth-order valence-electron chi connectivity index (χ4n) is 1.40. The average molecular weight is 249 g/mol. The van der Waals surface area contributed by atoms with Crippen LogP contribution < -0.4 is 5.11 Å². The molecular formula is C12H27NO4. The second-order valence-electron chi connectivity index (χ2n) is 4.18. The molecule has 1 unspecified atom stereocenters. The number of nitrogens with zero attached hydrogens (tertiary/aromatic N) is 1. The molecule has 1 atom stereocenters. The summed E-state index contributed by atoms with van der Waals surface area (Å²) in [6.45, 7) is 8.65. The van der Waals surface area contributed by atoms with E-state index in [1.165, 1.54) is 26.6 Å². The molecule has 0 aromatic rings. The van der Waals surface area contributed by atoms with Crippen molar-refractivity contribution in [2.75, 3.05) is 54.1 Å². The van der Waals surface area contributed by atoms with E-state index in [1.54, 1.807) is 7.11 Å². The standard InChI is InChI=1S/C9H22NO.C3H6O3/c1-5-7-10(3,6-2)8-9-11-4;1-6-2-3(4)5/h5-9H2,1-4H3;2H2,1H3,(H,4,5)/q+1;/p-1. The smallest absolute Gasteiger partial charge is 0.102 e. The lowest BCUT2D eigenvalue weighted by Gasteiger charge is -2.32. The predicted octanol–water partition coefficient (Wildman–Crippen LogP) is -0.108. The minimum absolute atomic E-state index is 0.319. The topological polar surface area (TPSA) is 58.6 Å². The van der Waals surface area contributed by atoms with Crippen molar-refractivity contribution < 1.29 is 23.9 Å². The summed E-state index contributed by atoms with van der Waals surface area (Å²) in [5, 5.41) is 9.36. The van der Waals surface area contributed by atoms with Gasteiger partial charge in [-0.1, -0.05) is 6.92 Å². The number of carboxylic acid groups (broad SMARTS) is 1. The molecule has 0 heterocycles. The molecule has 0 amide bonds. The van der Waals surface area contributed by atoms with Crippen molar-refractivity contribution in [3.63, 3.8) is 0 Å². The van der Waals surface area contributed by atoms with Crippen LogP contribution in [0.2, 0.25) is 0 Å². The van der Waals surface area contributed by atoms with Crippen molar-refractivity contribution >= 4 is 5.97 Å². The van der Waals surface area contributed by atoms with Crippen LogP contribution in [0.1, 0.15) is 20.3 Å². The molecule has 0 rings (SSSR count). The van der Waals surface area contributed by atoms with Crippen LogP contribution in [0, 0.1) is 0 Å². The highest BCUT2D eigenvalue weighted by atomic mass is 16.5. The van der Waals surface area contributed by atoms with Gasteiger partial charge in [-0.2, -0.15) is 0 Å². The Morgan fingerprint density at radius 1 is 1.18 bits per heavy atom. The van der Waals surface area contributed by atoms with Crippen LogP contribution >= 0.6 is 0 Å². The summed E-state index contributed by atoms with van der Waals surface area (Å²) in [5.41, 5.74) is 0. The van der Waals surface area contributed by atoms with E-state index >= 15 is 0 Å². The van der Waals surface area contributed by atoms with Gasteiger partial charge >= 0.3 is 0 Å². The third-order valence-electron chi connectivity index (χ3n) is 2.62. The van der Waals surface area contributed by atoms with E-state index in [4.69, 9.17) is 4.74 Å². The van der Waals surface area contributed by atoms with Crippen molar-refractivity contribution in [2.45, 2.75) is 20.3 Å². The van der Waals surface area contributed by atoms with Gasteiger partial charge in [0.15, 0.2) is 0 Å². The molecule has 5 nitrogen and oxygen atoms in total. The van der Waals surface area contributed by atoms with Crippen molar-refractivity contribution in [3.05, 3.63) is 0 Å². The van der Waals surface area contributed by atoms with E-state index in [1.807, 2.05) is 0 Å². The molecule has 0 bridgehead atoms. The van der Waals surface area contributed by atoms with Gasteiger partial charge in [0.2, 0.25) is 0 Å². The Kier molecular flexibility index (Phi) is 13.0. The van der Waals surface area contributed by atoms with E-state index < -0.39 is 5.97 Å². The molecule has 0 aliphatic carbocycles. The van der Waals surface area contributed by atoms with Crippen LogP contribution in [0.4, 0.5) is 0 Å². The molecule has 5 heteroatoms. The molecule has 17 heavy (non-hydrogen) atoms. The zero-order valence-corrected chi connectivity index (χ0v) is 11.8. The van der Waals surface area contributed by atoms with Crippen LogP contribution in [-0.2, 0) is 14.3 Å². The first-order chi connectivity index (χ1) is 7.95. The van der Waals surface area contributed by atoms with Crippen LogP contribution in [0.25, 0.3) is 0 Å². The maximum atomic E-state index is 9.36. The number of hydrogen-bond acceptors (Lipinski definition) is 4. The van der Waals surface area contributed by atoms with Gasteiger partial charge in [-0.3, -0.25) is 0 Å². The lowest BCUT2D eigenvalue weighted by atomic mass is 10.3. The molecule has 0 radical (unpaired) electrons. The van der Waals surface area contributed by atoms with Gasteiger partial charge in [-0.25, -0.2) is 0 Å². The third kappa shape index (κ3) is 13.3. The molecular weight excluding hydrogens is 222 g/mol.